The summed E-state index contributed by atoms with van der Waals surface area (Å²) in [5.74, 6) is 0. The molecule has 1 heterocycles. The Hall–Kier alpha value is 1.50. The quantitative estimate of drug-likeness (QED) is 0.332. The topological polar surface area (TPSA) is 93.2 Å². The Balaban J connectivity index is -0.0000000489. The van der Waals surface area contributed by atoms with Gasteiger partial charge >= 0.3 is 59.1 Å². The van der Waals surface area contributed by atoms with Gasteiger partial charge in [0.05, 0.1) is 13.2 Å². The third-order valence-corrected chi connectivity index (χ3v) is 0.846. The van der Waals surface area contributed by atoms with Crippen molar-refractivity contribution in [3.8, 4) is 0 Å². The van der Waals surface area contributed by atoms with Gasteiger partial charge in [-0.15, -0.1) is 0 Å². The van der Waals surface area contributed by atoms with E-state index in [4.69, 9.17) is 14.8 Å². The minimum Gasteiger partial charge on any atom is -1.00 e. The van der Waals surface area contributed by atoms with Gasteiger partial charge in [-0.05, 0) is 0 Å². The van der Waals surface area contributed by atoms with Crippen LogP contribution in [0, 0.1) is 0 Å². The van der Waals surface area contributed by atoms with Crippen molar-refractivity contribution in [2.24, 2.45) is 0 Å². The summed E-state index contributed by atoms with van der Waals surface area (Å²) in [6.07, 6.45) is 0. The van der Waals surface area contributed by atoms with Crippen molar-refractivity contribution in [3.63, 3.8) is 0 Å². The van der Waals surface area contributed by atoms with Gasteiger partial charge in [0.1, 0.15) is 0 Å². The second-order valence-corrected chi connectivity index (χ2v) is 1.48. The first-order valence-corrected chi connectivity index (χ1v) is 2.80. The molecule has 0 amide bonds. The molecule has 0 aromatic heterocycles. The van der Waals surface area contributed by atoms with Crippen molar-refractivity contribution < 1.29 is 73.1 Å². The van der Waals surface area contributed by atoms with Crippen LogP contribution in [0.25, 0.3) is 0 Å². The first-order chi connectivity index (χ1) is 4.41. The molecular weight excluding hydrogens is 176 g/mol. The molecule has 0 aromatic carbocycles. The number of nitrogens with one attached hydrogen (secondary N) is 1. The predicted molar refractivity (Wildman–Crippen MR) is 38.6 cm³/mol. The molecule has 11 heavy (non-hydrogen) atoms. The molecule has 0 bridgehead atoms. The number of ether oxygens (including phenoxy) is 1. The Morgan fingerprint density at radius 2 is 1.64 bits per heavy atom. The van der Waals surface area contributed by atoms with Crippen LogP contribution in [0.4, 0.5) is 0 Å². The van der Waals surface area contributed by atoms with Gasteiger partial charge in [-0.1, -0.05) is 0 Å². The van der Waals surface area contributed by atoms with Crippen LogP contribution in [-0.2, 0) is 4.74 Å². The molecule has 1 fully saturated rings. The van der Waals surface area contributed by atoms with Crippen LogP contribution in [0.3, 0.4) is 0 Å². The SMILES string of the molecule is C1COCCN1.O.O[B]O.[H-].[K+]. The molecule has 1 rings (SSSR count). The average Bonchev–Trinajstić information content (AvgIpc) is 1.93. The fourth-order valence-electron chi connectivity index (χ4n) is 0.516. The Morgan fingerprint density at radius 3 is 1.73 bits per heavy atom. The molecule has 1 aliphatic heterocycles. The zero-order valence-corrected chi connectivity index (χ0v) is 9.83. The molecule has 0 spiro atoms. The first kappa shape index (κ1) is 18.3. The van der Waals surface area contributed by atoms with E-state index in [1.807, 2.05) is 0 Å². The van der Waals surface area contributed by atoms with Crippen LogP contribution in [0.5, 0.6) is 0 Å². The van der Waals surface area contributed by atoms with Crippen LogP contribution in [0.15, 0.2) is 0 Å². The fourth-order valence-corrected chi connectivity index (χ4v) is 0.516. The summed E-state index contributed by atoms with van der Waals surface area (Å²) >= 11 is 0. The summed E-state index contributed by atoms with van der Waals surface area (Å²) in [6.45, 7) is 3.83. The van der Waals surface area contributed by atoms with E-state index in [0.29, 0.717) is 0 Å². The van der Waals surface area contributed by atoms with Gasteiger partial charge in [0.2, 0.25) is 0 Å². The second-order valence-electron chi connectivity index (χ2n) is 1.48. The van der Waals surface area contributed by atoms with Gasteiger partial charge in [-0.2, -0.15) is 0 Å². The summed E-state index contributed by atoms with van der Waals surface area (Å²) in [6, 6.07) is 0. The van der Waals surface area contributed by atoms with E-state index in [9.17, 15) is 0 Å². The smallest absolute Gasteiger partial charge is 1.00 e. The molecule has 0 atom stereocenters. The van der Waals surface area contributed by atoms with Crippen LogP contribution in [-0.4, -0.2) is 49.5 Å². The maximum atomic E-state index is 7.00. The first-order valence-electron chi connectivity index (χ1n) is 2.80. The monoisotopic (exact) mass is 190 g/mol. The minimum absolute atomic E-state index is 0. The van der Waals surface area contributed by atoms with Crippen molar-refractivity contribution in [1.82, 2.24) is 5.32 Å². The Bertz CT molecular complexity index is 50.8. The van der Waals surface area contributed by atoms with Crippen molar-refractivity contribution in [2.45, 2.75) is 0 Å². The van der Waals surface area contributed by atoms with Gasteiger partial charge < -0.3 is 27.0 Å². The van der Waals surface area contributed by atoms with Crippen molar-refractivity contribution >= 4 is 7.69 Å². The van der Waals surface area contributed by atoms with E-state index in [1.54, 1.807) is 0 Å². The normalized spacial score (nSPS) is 14.4. The largest absolute Gasteiger partial charge is 1.00 e. The van der Waals surface area contributed by atoms with E-state index < -0.39 is 0 Å². The number of hydrogen-bond acceptors (Lipinski definition) is 4. The summed E-state index contributed by atoms with van der Waals surface area (Å²) < 4.78 is 5.01. The number of hydrogen-bond donors (Lipinski definition) is 3. The average molecular weight is 190 g/mol. The molecule has 7 heteroatoms. The van der Waals surface area contributed by atoms with Gasteiger partial charge in [0.15, 0.2) is 0 Å². The zero-order chi connectivity index (χ0) is 6.95. The van der Waals surface area contributed by atoms with Gasteiger partial charge in [-0.25, -0.2) is 0 Å². The summed E-state index contributed by atoms with van der Waals surface area (Å²) in [5, 5.41) is 17.2. The molecule has 0 saturated carbocycles. The van der Waals surface area contributed by atoms with Crippen LogP contribution in [0.2, 0.25) is 0 Å². The maximum Gasteiger partial charge on any atom is 1.00 e. The minimum atomic E-state index is 0. The van der Waals surface area contributed by atoms with Crippen molar-refractivity contribution in [2.75, 3.05) is 26.3 Å². The molecule has 1 radical (unpaired) electrons. The molecule has 0 aromatic rings. The maximum absolute atomic E-state index is 7.00. The fraction of sp³-hybridized carbons (Fsp3) is 1.00. The summed E-state index contributed by atoms with van der Waals surface area (Å²) in [7, 11) is 0. The zero-order valence-electron chi connectivity index (χ0n) is 7.71. The molecule has 5 N–H and O–H groups in total. The van der Waals surface area contributed by atoms with Gasteiger partial charge in [-0.3, -0.25) is 0 Å². The summed E-state index contributed by atoms with van der Waals surface area (Å²) in [5.41, 5.74) is 0. The second kappa shape index (κ2) is 17.5. The Kier molecular flexibility index (Phi) is 29.2. The van der Waals surface area contributed by atoms with Crippen LogP contribution in [0.1, 0.15) is 1.43 Å². The third kappa shape index (κ3) is 18.5. The van der Waals surface area contributed by atoms with Gasteiger partial charge in [0.25, 0.3) is 0 Å². The molecule has 0 unspecified atom stereocenters. The molecule has 0 aliphatic carbocycles. The van der Waals surface area contributed by atoms with E-state index >= 15 is 0 Å². The van der Waals surface area contributed by atoms with Crippen molar-refractivity contribution in [1.29, 1.82) is 0 Å². The number of morpholine rings is 1. The van der Waals surface area contributed by atoms with E-state index in [-0.39, 0.29) is 66.0 Å². The van der Waals surface area contributed by atoms with Gasteiger partial charge in [0, 0.05) is 13.1 Å². The van der Waals surface area contributed by atoms with Crippen molar-refractivity contribution in [3.05, 3.63) is 0 Å². The Morgan fingerprint density at radius 1 is 1.27 bits per heavy atom. The summed E-state index contributed by atoms with van der Waals surface area (Å²) in [4.78, 5) is 0. The van der Waals surface area contributed by atoms with Crippen LogP contribution >= 0.6 is 0 Å². The van der Waals surface area contributed by atoms with E-state index in [1.165, 1.54) is 0 Å². The van der Waals surface area contributed by atoms with E-state index in [2.05, 4.69) is 5.32 Å². The number of rotatable bonds is 0. The standard InChI is InChI=1S/C4H9NO.BH2O2.K.H2O.H/c1-3-6-4-2-5-1;2-1-3;;;/h5H,1-4H2;2-3H;;1H2;/q;;+1;;-1. The van der Waals surface area contributed by atoms with Crippen LogP contribution < -0.4 is 56.7 Å². The third-order valence-electron chi connectivity index (χ3n) is 0.846. The van der Waals surface area contributed by atoms with E-state index in [0.717, 1.165) is 26.3 Å². The molecule has 1 aliphatic rings. The molecular formula is C4H14BKNO4. The molecule has 5 nitrogen and oxygen atoms in total. The molecule has 1 saturated heterocycles. The molecule has 63 valence electrons. The Labute approximate surface area is 111 Å². The predicted octanol–water partition coefficient (Wildman–Crippen LogP) is -5.60.